The van der Waals surface area contributed by atoms with Crippen molar-refractivity contribution in [3.8, 4) is 11.8 Å². The second-order valence-electron chi connectivity index (χ2n) is 18.5. The fourth-order valence-corrected chi connectivity index (χ4v) is 10.1. The molecule has 4 atom stereocenters. The zero-order chi connectivity index (χ0) is 49.7. The van der Waals surface area contributed by atoms with E-state index in [-0.39, 0.29) is 17.7 Å². The van der Waals surface area contributed by atoms with Crippen LogP contribution in [0, 0.1) is 5.82 Å². The van der Waals surface area contributed by atoms with Crippen molar-refractivity contribution in [2.45, 2.75) is 81.3 Å². The minimum atomic E-state index is -1.06. The maximum absolute atomic E-state index is 13.4. The van der Waals surface area contributed by atoms with Crippen molar-refractivity contribution in [2.24, 2.45) is 0 Å². The van der Waals surface area contributed by atoms with Crippen molar-refractivity contribution in [1.82, 2.24) is 14.9 Å². The van der Waals surface area contributed by atoms with E-state index < -0.39 is 11.2 Å². The lowest BCUT2D eigenvalue weighted by atomic mass is 9.72. The van der Waals surface area contributed by atoms with Gasteiger partial charge in [0.2, 0.25) is 11.8 Å². The first kappa shape index (κ1) is 52.2. The Labute approximate surface area is 426 Å². The van der Waals surface area contributed by atoms with Gasteiger partial charge in [-0.05, 0) is 136 Å². The van der Waals surface area contributed by atoms with Crippen molar-refractivity contribution in [3.63, 3.8) is 0 Å². The molecule has 0 saturated heterocycles. The number of halogens is 3. The van der Waals surface area contributed by atoms with Crippen LogP contribution in [0.25, 0.3) is 21.8 Å². The molecule has 0 aliphatic carbocycles. The molecule has 6 aromatic carbocycles. The molecule has 0 aliphatic heterocycles. The van der Waals surface area contributed by atoms with E-state index in [0.717, 1.165) is 85.5 Å². The summed E-state index contributed by atoms with van der Waals surface area (Å²) >= 11 is 9.70. The number of unbranched alkanes of at least 4 members (excludes halogenated alkanes) is 1. The van der Waals surface area contributed by atoms with Gasteiger partial charge in [0.1, 0.15) is 5.82 Å². The van der Waals surface area contributed by atoms with Crippen LogP contribution in [0.3, 0.4) is 0 Å². The van der Waals surface area contributed by atoms with Crippen LogP contribution < -0.4 is 9.47 Å². The summed E-state index contributed by atoms with van der Waals surface area (Å²) in [5.41, 5.74) is 5.58. The smallest absolute Gasteiger partial charge is 0.217 e. The first-order valence-corrected chi connectivity index (χ1v) is 25.3. The molecule has 8 aromatic rings. The number of hydrogen-bond acceptors (Lipinski definition) is 7. The quantitative estimate of drug-likeness (QED) is 0.0786. The molecule has 10 heteroatoms. The standard InChI is InChI=1S/C30H32BrClN2O2.C30H32FNO2/c1-34(2)18-17-30(35,16-15-21-9-12-25(32)13-10-21)28(22-7-5-4-6-8-22)26-20-23-19-24(31)11-14-27(23)33-29(26)36-3;1-3-4-19-30(33,20-18-22-14-16-25(31)17-15-22)28(23-10-6-5-7-11-23)26-21-24-12-8-9-13-27(24)32-29(26)34-2/h4-14,19-20,28,35H,15-18H2,1-3H3;5-17,21,28,33H,3-4,18-20H2,1-2H3. The van der Waals surface area contributed by atoms with Crippen LogP contribution in [0.4, 0.5) is 4.39 Å². The highest BCUT2D eigenvalue weighted by Gasteiger charge is 2.42. The van der Waals surface area contributed by atoms with Crippen LogP contribution in [-0.4, -0.2) is 71.1 Å². The summed E-state index contributed by atoms with van der Waals surface area (Å²) in [7, 11) is 7.34. The van der Waals surface area contributed by atoms with Gasteiger partial charge in [0.15, 0.2) is 0 Å². The largest absolute Gasteiger partial charge is 0.481 e. The molecular weight excluding hydrogens is 961 g/mol. The highest BCUT2D eigenvalue weighted by atomic mass is 79.9. The van der Waals surface area contributed by atoms with Crippen molar-refractivity contribution in [2.75, 3.05) is 34.9 Å². The zero-order valence-corrected chi connectivity index (χ0v) is 43.1. The summed E-state index contributed by atoms with van der Waals surface area (Å²) in [5.74, 6) is 0.154. The number of benzene rings is 6. The molecule has 2 heterocycles. The number of fused-ring (bicyclic) bond motifs is 2. The number of aromatic nitrogens is 2. The first-order valence-electron chi connectivity index (χ1n) is 24.1. The van der Waals surface area contributed by atoms with E-state index in [9.17, 15) is 14.6 Å². The van der Waals surface area contributed by atoms with Crippen molar-refractivity contribution in [1.29, 1.82) is 0 Å². The maximum atomic E-state index is 13.4. The third-order valence-electron chi connectivity index (χ3n) is 13.3. The molecule has 0 spiro atoms. The van der Waals surface area contributed by atoms with Crippen LogP contribution in [0.5, 0.6) is 11.8 Å². The van der Waals surface area contributed by atoms with Crippen LogP contribution in [0.15, 0.2) is 168 Å². The molecule has 0 aliphatic rings. The Balaban J connectivity index is 0.000000207. The number of aryl methyl sites for hydroxylation is 2. The lowest BCUT2D eigenvalue weighted by Crippen LogP contribution is -2.40. The normalized spacial score (nSPS) is 14.0. The van der Waals surface area contributed by atoms with Crippen LogP contribution >= 0.6 is 27.5 Å². The van der Waals surface area contributed by atoms with Gasteiger partial charge in [-0.2, -0.15) is 0 Å². The van der Waals surface area contributed by atoms with E-state index in [1.54, 1.807) is 26.4 Å². The number of ether oxygens (including phenoxy) is 2. The number of para-hydroxylation sites is 1. The molecule has 7 nitrogen and oxygen atoms in total. The Morgan fingerprint density at radius 2 is 1.09 bits per heavy atom. The summed E-state index contributed by atoms with van der Waals surface area (Å²) < 4.78 is 26.0. The van der Waals surface area contributed by atoms with Gasteiger partial charge in [0, 0.05) is 49.8 Å². The second kappa shape index (κ2) is 24.4. The van der Waals surface area contributed by atoms with Crippen LogP contribution in [0.2, 0.25) is 5.02 Å². The Hall–Kier alpha value is -5.68. The highest BCUT2D eigenvalue weighted by Crippen LogP contribution is 2.46. The highest BCUT2D eigenvalue weighted by molar-refractivity contribution is 9.10. The third-order valence-corrected chi connectivity index (χ3v) is 14.1. The van der Waals surface area contributed by atoms with Crippen molar-refractivity contribution in [3.05, 3.63) is 212 Å². The summed E-state index contributed by atoms with van der Waals surface area (Å²) in [5, 5.41) is 27.6. The molecule has 0 amide bonds. The van der Waals surface area contributed by atoms with Gasteiger partial charge in [-0.1, -0.05) is 150 Å². The Bertz CT molecular complexity index is 2910. The monoisotopic (exact) mass is 1020 g/mol. The van der Waals surface area contributed by atoms with Crippen LogP contribution in [-0.2, 0) is 12.8 Å². The van der Waals surface area contributed by atoms with Gasteiger partial charge in [-0.15, -0.1) is 0 Å². The number of rotatable bonds is 20. The van der Waals surface area contributed by atoms with E-state index in [2.05, 4.69) is 70.2 Å². The minimum absolute atomic E-state index is 0.251. The Morgan fingerprint density at radius 3 is 1.61 bits per heavy atom. The predicted molar refractivity (Wildman–Crippen MR) is 288 cm³/mol. The third kappa shape index (κ3) is 13.2. The second-order valence-corrected chi connectivity index (χ2v) is 19.9. The van der Waals surface area contributed by atoms with Gasteiger partial charge in [0.05, 0.1) is 36.5 Å². The number of nitrogens with zero attached hydrogens (tertiary/aromatic N) is 3. The van der Waals surface area contributed by atoms with Gasteiger partial charge in [0.25, 0.3) is 0 Å². The van der Waals surface area contributed by atoms with Gasteiger partial charge < -0.3 is 24.6 Å². The molecule has 70 heavy (non-hydrogen) atoms. The maximum Gasteiger partial charge on any atom is 0.217 e. The molecule has 364 valence electrons. The summed E-state index contributed by atoms with van der Waals surface area (Å²) in [6.07, 6.45) is 5.58. The summed E-state index contributed by atoms with van der Waals surface area (Å²) in [6, 6.07) is 52.9. The van der Waals surface area contributed by atoms with Crippen molar-refractivity contribution >= 4 is 49.3 Å². The molecule has 0 bridgehead atoms. The lowest BCUT2D eigenvalue weighted by Gasteiger charge is -2.38. The molecular formula is C60H64BrClFN3O4. The van der Waals surface area contributed by atoms with Gasteiger partial charge in [-0.25, -0.2) is 14.4 Å². The fraction of sp³-hybridized carbons (Fsp3) is 0.300. The molecule has 2 aromatic heterocycles. The number of pyridine rings is 2. The molecule has 0 fully saturated rings. The van der Waals surface area contributed by atoms with E-state index in [0.29, 0.717) is 48.9 Å². The Kier molecular flexibility index (Phi) is 18.2. The molecule has 0 saturated carbocycles. The number of methoxy groups -OCH3 is 2. The average molecular weight is 1030 g/mol. The summed E-state index contributed by atoms with van der Waals surface area (Å²) in [6.45, 7) is 2.88. The number of hydrogen-bond donors (Lipinski definition) is 2. The van der Waals surface area contributed by atoms with E-state index in [4.69, 9.17) is 31.0 Å². The van der Waals surface area contributed by atoms with Gasteiger partial charge in [-0.3, -0.25) is 0 Å². The van der Waals surface area contributed by atoms with Crippen molar-refractivity contribution < 1.29 is 24.1 Å². The Morgan fingerprint density at radius 1 is 0.600 bits per heavy atom. The topological polar surface area (TPSA) is 87.9 Å². The molecule has 4 unspecified atom stereocenters. The summed E-state index contributed by atoms with van der Waals surface area (Å²) in [4.78, 5) is 11.7. The fourth-order valence-electron chi connectivity index (χ4n) is 9.60. The first-order chi connectivity index (χ1) is 33.8. The SMILES string of the molecule is CCCCC(O)(CCc1ccc(F)cc1)C(c1ccccc1)c1cc2ccccc2nc1OC.COc1nc2ccc(Br)cc2cc1C(c1ccccc1)C(O)(CCc1ccc(Cl)cc1)CCN(C)C. The predicted octanol–water partition coefficient (Wildman–Crippen LogP) is 14.2. The van der Waals surface area contributed by atoms with Crippen LogP contribution in [0.1, 0.15) is 90.7 Å². The zero-order valence-electron chi connectivity index (χ0n) is 40.8. The van der Waals surface area contributed by atoms with Gasteiger partial charge >= 0.3 is 0 Å². The molecule has 2 N–H and O–H groups in total. The average Bonchev–Trinajstić information content (AvgIpc) is 3.37. The minimum Gasteiger partial charge on any atom is -0.481 e. The van der Waals surface area contributed by atoms with E-state index in [1.165, 1.54) is 12.1 Å². The van der Waals surface area contributed by atoms with E-state index in [1.807, 2.05) is 111 Å². The molecule has 0 radical (unpaired) electrons. The lowest BCUT2D eigenvalue weighted by molar-refractivity contribution is 0.000739. The molecule has 8 rings (SSSR count). The number of aliphatic hydroxyl groups is 2. The van der Waals surface area contributed by atoms with E-state index >= 15 is 0 Å².